The number of allylic oxidation sites excluding steroid dienone is 1. The maximum absolute atomic E-state index is 13.2. The highest BCUT2D eigenvalue weighted by Gasteiger charge is 2.43. The van der Waals surface area contributed by atoms with E-state index in [9.17, 15) is 24.8 Å². The highest BCUT2D eigenvalue weighted by molar-refractivity contribution is 6.08. The molecule has 0 saturated carbocycles. The molecule has 13 heteroatoms. The van der Waals surface area contributed by atoms with Gasteiger partial charge in [-0.2, -0.15) is 5.26 Å². The van der Waals surface area contributed by atoms with Gasteiger partial charge in [-0.1, -0.05) is 30.3 Å². The predicted octanol–water partition coefficient (Wildman–Crippen LogP) is 1.26. The lowest BCUT2D eigenvalue weighted by Crippen LogP contribution is -2.41. The molecule has 1 unspecified atom stereocenters. The Bertz CT molecular complexity index is 1490. The lowest BCUT2D eigenvalue weighted by Gasteiger charge is -2.36. The minimum Gasteiger partial charge on any atom is -0.478 e. The molecule has 2 heterocycles. The Morgan fingerprint density at radius 2 is 1.78 bits per heavy atom. The van der Waals surface area contributed by atoms with E-state index in [2.05, 4.69) is 15.5 Å². The molecule has 0 spiro atoms. The zero-order chi connectivity index (χ0) is 26.7. The summed E-state index contributed by atoms with van der Waals surface area (Å²) in [5.41, 5.74) is 6.05. The molecule has 1 aromatic heterocycles. The van der Waals surface area contributed by atoms with E-state index >= 15 is 0 Å². The number of esters is 2. The van der Waals surface area contributed by atoms with E-state index in [-0.39, 0.29) is 28.2 Å². The van der Waals surface area contributed by atoms with Crippen molar-refractivity contribution in [3.63, 3.8) is 0 Å². The Hall–Kier alpha value is -5.51. The molecule has 1 aliphatic heterocycles. The number of carboxylic acids is 1. The number of hydrogen-bond donors (Lipinski definition) is 2. The van der Waals surface area contributed by atoms with Crippen LogP contribution >= 0.6 is 0 Å². The van der Waals surface area contributed by atoms with E-state index in [1.165, 1.54) is 29.2 Å². The monoisotopic (exact) mass is 501 g/mol. The summed E-state index contributed by atoms with van der Waals surface area (Å²) in [4.78, 5) is 39.6. The topological polar surface area (TPSA) is 187 Å². The first-order valence-electron chi connectivity index (χ1n) is 10.6. The van der Waals surface area contributed by atoms with Crippen LogP contribution in [0.3, 0.4) is 0 Å². The Morgan fingerprint density at radius 1 is 1.08 bits per heavy atom. The van der Waals surface area contributed by atoms with Crippen LogP contribution in [-0.4, -0.2) is 57.4 Å². The van der Waals surface area contributed by atoms with E-state index in [1.807, 2.05) is 6.07 Å². The number of benzene rings is 2. The summed E-state index contributed by atoms with van der Waals surface area (Å²) >= 11 is 0. The number of nitrogens with zero attached hydrogens (tertiary/aromatic N) is 6. The largest absolute Gasteiger partial charge is 0.478 e. The summed E-state index contributed by atoms with van der Waals surface area (Å²) in [5.74, 6) is -4.68. The highest BCUT2D eigenvalue weighted by atomic mass is 16.5. The van der Waals surface area contributed by atoms with Crippen LogP contribution in [0.25, 0.3) is 5.69 Å². The number of nitriles is 1. The van der Waals surface area contributed by atoms with Crippen LogP contribution in [0.5, 0.6) is 0 Å². The standard InChI is InChI=1S/C24H19N7O6/c1-36-23(34)19-18(13-6-4-3-5-7-13)16(11-25)21(26)31(20(19)24(35)37-2)17-10-14(30-12-27-28-29-30)8-9-15(17)22(32)33/h3-10,12,18H,26H2,1-2H3,(H,32,33). The first-order chi connectivity index (χ1) is 17.8. The number of tetrazole rings is 1. The number of aromatic nitrogens is 4. The zero-order valence-electron chi connectivity index (χ0n) is 19.5. The lowest BCUT2D eigenvalue weighted by atomic mass is 9.80. The Kier molecular flexibility index (Phi) is 6.65. The van der Waals surface area contributed by atoms with Gasteiger partial charge in [0.15, 0.2) is 0 Å². The van der Waals surface area contributed by atoms with E-state index in [1.54, 1.807) is 30.3 Å². The van der Waals surface area contributed by atoms with E-state index in [0.717, 1.165) is 19.1 Å². The number of anilines is 1. The first kappa shape index (κ1) is 24.6. The Labute approximate surface area is 209 Å². The minimum atomic E-state index is -1.36. The molecule has 4 rings (SSSR count). The predicted molar refractivity (Wildman–Crippen MR) is 126 cm³/mol. The van der Waals surface area contributed by atoms with Crippen LogP contribution in [0.4, 0.5) is 5.69 Å². The lowest BCUT2D eigenvalue weighted by molar-refractivity contribution is -0.139. The average Bonchev–Trinajstić information content (AvgIpc) is 3.46. The summed E-state index contributed by atoms with van der Waals surface area (Å²) in [6, 6.07) is 14.5. The van der Waals surface area contributed by atoms with Gasteiger partial charge < -0.3 is 20.3 Å². The smallest absolute Gasteiger partial charge is 0.355 e. The van der Waals surface area contributed by atoms with Gasteiger partial charge in [-0.05, 0) is 34.2 Å². The van der Waals surface area contributed by atoms with Gasteiger partial charge in [0, 0.05) is 0 Å². The molecule has 0 amide bonds. The Morgan fingerprint density at radius 3 is 2.35 bits per heavy atom. The summed E-state index contributed by atoms with van der Waals surface area (Å²) in [7, 11) is 2.21. The first-order valence-corrected chi connectivity index (χ1v) is 10.6. The van der Waals surface area contributed by atoms with Crippen molar-refractivity contribution in [1.29, 1.82) is 5.26 Å². The normalized spacial score (nSPS) is 15.3. The SMILES string of the molecule is COC(=O)C1=C(C(=O)OC)N(c2cc(-n3cnnn3)ccc2C(=O)O)C(N)=C(C#N)C1c1ccccc1. The van der Waals surface area contributed by atoms with Crippen molar-refractivity contribution < 1.29 is 29.0 Å². The van der Waals surface area contributed by atoms with Gasteiger partial charge in [-0.3, -0.25) is 4.90 Å². The van der Waals surface area contributed by atoms with Crippen LogP contribution in [0.2, 0.25) is 0 Å². The van der Waals surface area contributed by atoms with Crippen LogP contribution in [0, 0.1) is 11.3 Å². The number of methoxy groups -OCH3 is 2. The van der Waals surface area contributed by atoms with Crippen molar-refractivity contribution in [1.82, 2.24) is 20.2 Å². The average molecular weight is 501 g/mol. The van der Waals surface area contributed by atoms with Crippen LogP contribution < -0.4 is 10.6 Å². The number of aromatic carboxylic acids is 1. The number of rotatable bonds is 6. The molecule has 3 aromatic rings. The summed E-state index contributed by atoms with van der Waals surface area (Å²) in [5, 5.41) is 31.0. The maximum atomic E-state index is 13.2. The second kappa shape index (κ2) is 10.0. The molecule has 186 valence electrons. The van der Waals surface area contributed by atoms with Gasteiger partial charge in [0.1, 0.15) is 17.8 Å². The molecular weight excluding hydrogens is 482 g/mol. The van der Waals surface area contributed by atoms with E-state index < -0.39 is 29.5 Å². The summed E-state index contributed by atoms with van der Waals surface area (Å²) < 4.78 is 11.2. The highest BCUT2D eigenvalue weighted by Crippen LogP contribution is 2.44. The molecule has 3 N–H and O–H groups in total. The summed E-state index contributed by atoms with van der Waals surface area (Å²) in [6.45, 7) is 0. The van der Waals surface area contributed by atoms with E-state index in [4.69, 9.17) is 15.2 Å². The van der Waals surface area contributed by atoms with Gasteiger partial charge >= 0.3 is 17.9 Å². The van der Waals surface area contributed by atoms with Crippen LogP contribution in [0.15, 0.2) is 77.5 Å². The Balaban J connectivity index is 2.12. The molecule has 0 fully saturated rings. The number of ether oxygens (including phenoxy) is 2. The molecule has 0 bridgehead atoms. The van der Waals surface area contributed by atoms with Gasteiger partial charge in [-0.25, -0.2) is 19.1 Å². The quantitative estimate of drug-likeness (QED) is 0.461. The number of carbonyl (C=O) groups is 3. The van der Waals surface area contributed by atoms with Gasteiger partial charge in [0.2, 0.25) is 0 Å². The fourth-order valence-corrected chi connectivity index (χ4v) is 4.07. The summed E-state index contributed by atoms with van der Waals surface area (Å²) in [6.07, 6.45) is 1.28. The third-order valence-electron chi connectivity index (χ3n) is 5.68. The maximum Gasteiger partial charge on any atom is 0.355 e. The third-order valence-corrected chi connectivity index (χ3v) is 5.68. The van der Waals surface area contributed by atoms with Gasteiger partial charge in [0.25, 0.3) is 0 Å². The molecule has 2 aromatic carbocycles. The second-order valence-corrected chi connectivity index (χ2v) is 7.60. The van der Waals surface area contributed by atoms with Crippen molar-refractivity contribution >= 4 is 23.6 Å². The molecule has 1 aliphatic rings. The number of carbonyl (C=O) groups excluding carboxylic acids is 2. The molecular formula is C24H19N7O6. The number of nitrogens with two attached hydrogens (primary N) is 1. The van der Waals surface area contributed by atoms with Crippen molar-refractivity contribution in [2.24, 2.45) is 5.73 Å². The van der Waals surface area contributed by atoms with E-state index in [0.29, 0.717) is 11.3 Å². The molecule has 13 nitrogen and oxygen atoms in total. The van der Waals surface area contributed by atoms with Crippen molar-refractivity contribution in [2.45, 2.75) is 5.92 Å². The third kappa shape index (κ3) is 4.23. The zero-order valence-corrected chi connectivity index (χ0v) is 19.5. The van der Waals surface area contributed by atoms with Gasteiger partial charge in [-0.15, -0.1) is 5.10 Å². The number of carboxylic acid groups (broad SMARTS) is 1. The fraction of sp³-hybridized carbons (Fsp3) is 0.125. The van der Waals surface area contributed by atoms with Crippen LogP contribution in [-0.2, 0) is 19.1 Å². The van der Waals surface area contributed by atoms with Crippen molar-refractivity contribution in [3.05, 3.63) is 88.6 Å². The molecule has 0 saturated heterocycles. The molecule has 0 radical (unpaired) electrons. The second-order valence-electron chi connectivity index (χ2n) is 7.60. The van der Waals surface area contributed by atoms with Crippen LogP contribution in [0.1, 0.15) is 21.8 Å². The van der Waals surface area contributed by atoms with Crippen molar-refractivity contribution in [2.75, 3.05) is 19.1 Å². The molecule has 37 heavy (non-hydrogen) atoms. The number of hydrogen-bond acceptors (Lipinski definition) is 11. The molecule has 0 aliphatic carbocycles. The molecule has 1 atom stereocenters. The van der Waals surface area contributed by atoms with Gasteiger partial charge in [0.05, 0.1) is 54.3 Å². The van der Waals surface area contributed by atoms with Crippen molar-refractivity contribution in [3.8, 4) is 11.8 Å². The fourth-order valence-electron chi connectivity index (χ4n) is 4.07. The minimum absolute atomic E-state index is 0.108.